The van der Waals surface area contributed by atoms with Crippen molar-refractivity contribution < 1.29 is 9.18 Å². The van der Waals surface area contributed by atoms with Crippen molar-refractivity contribution in [2.75, 3.05) is 0 Å². The smallest absolute Gasteiger partial charge is 0.273 e. The normalized spacial score (nSPS) is 11.1. The summed E-state index contributed by atoms with van der Waals surface area (Å²) in [6.45, 7) is 0. The van der Waals surface area contributed by atoms with Gasteiger partial charge in [0.15, 0.2) is 0 Å². The molecular formula is C16H12FN3O. The van der Waals surface area contributed by atoms with Gasteiger partial charge in [-0.3, -0.25) is 4.79 Å². The van der Waals surface area contributed by atoms with E-state index in [1.807, 2.05) is 24.3 Å². The quantitative estimate of drug-likeness (QED) is 0.562. The highest BCUT2D eigenvalue weighted by Gasteiger charge is 2.10. The first-order chi connectivity index (χ1) is 10.2. The highest BCUT2D eigenvalue weighted by atomic mass is 19.1. The molecule has 1 aromatic heterocycles. The van der Waals surface area contributed by atoms with Gasteiger partial charge in [0.25, 0.3) is 5.91 Å². The minimum Gasteiger partial charge on any atom is -0.360 e. The molecule has 1 heterocycles. The van der Waals surface area contributed by atoms with Crippen LogP contribution in [-0.4, -0.2) is 17.1 Å². The lowest BCUT2D eigenvalue weighted by atomic mass is 10.2. The van der Waals surface area contributed by atoms with Crippen LogP contribution in [0.5, 0.6) is 0 Å². The summed E-state index contributed by atoms with van der Waals surface area (Å²) in [6.07, 6.45) is 3.04. The third-order valence-electron chi connectivity index (χ3n) is 3.06. The standard InChI is InChI=1S/C16H12FN3O/c17-12-5-3-4-11(8-12)9-19-20-16(21)14-10-18-15-7-2-1-6-13(14)15/h1-10,18H,(H,20,21). The van der Waals surface area contributed by atoms with Crippen LogP contribution in [0.25, 0.3) is 10.9 Å². The Bertz CT molecular complexity index is 823. The van der Waals surface area contributed by atoms with Crippen LogP contribution in [0, 0.1) is 5.82 Å². The van der Waals surface area contributed by atoms with Gasteiger partial charge in [-0.15, -0.1) is 0 Å². The van der Waals surface area contributed by atoms with Gasteiger partial charge in [0.2, 0.25) is 0 Å². The third kappa shape index (κ3) is 2.81. The Morgan fingerprint density at radius 1 is 1.19 bits per heavy atom. The van der Waals surface area contributed by atoms with Gasteiger partial charge in [-0.25, -0.2) is 9.82 Å². The van der Waals surface area contributed by atoms with Crippen LogP contribution in [0.15, 0.2) is 59.8 Å². The lowest BCUT2D eigenvalue weighted by Gasteiger charge is -1.98. The van der Waals surface area contributed by atoms with E-state index in [9.17, 15) is 9.18 Å². The number of para-hydroxylation sites is 1. The minimum absolute atomic E-state index is 0.319. The zero-order valence-corrected chi connectivity index (χ0v) is 11.0. The van der Waals surface area contributed by atoms with Gasteiger partial charge < -0.3 is 4.98 Å². The number of hydrazone groups is 1. The van der Waals surface area contributed by atoms with E-state index in [0.717, 1.165) is 10.9 Å². The topological polar surface area (TPSA) is 57.2 Å². The molecule has 3 aromatic rings. The second-order valence-electron chi connectivity index (χ2n) is 4.50. The molecule has 2 N–H and O–H groups in total. The number of aromatic nitrogens is 1. The summed E-state index contributed by atoms with van der Waals surface area (Å²) >= 11 is 0. The largest absolute Gasteiger partial charge is 0.360 e. The number of amides is 1. The number of nitrogens with zero attached hydrogens (tertiary/aromatic N) is 1. The number of carbonyl (C=O) groups is 1. The average Bonchev–Trinajstić information content (AvgIpc) is 2.91. The van der Waals surface area contributed by atoms with Crippen molar-refractivity contribution in [3.63, 3.8) is 0 Å². The number of benzene rings is 2. The Labute approximate surface area is 120 Å². The van der Waals surface area contributed by atoms with Crippen LogP contribution in [0.4, 0.5) is 4.39 Å². The summed E-state index contributed by atoms with van der Waals surface area (Å²) in [4.78, 5) is 15.1. The van der Waals surface area contributed by atoms with E-state index in [0.29, 0.717) is 11.1 Å². The summed E-state index contributed by atoms with van der Waals surface area (Å²) in [7, 11) is 0. The van der Waals surface area contributed by atoms with E-state index in [2.05, 4.69) is 15.5 Å². The maximum absolute atomic E-state index is 13.0. The first kappa shape index (κ1) is 13.1. The van der Waals surface area contributed by atoms with Crippen LogP contribution in [0.2, 0.25) is 0 Å². The van der Waals surface area contributed by atoms with E-state index in [1.54, 1.807) is 18.3 Å². The molecule has 0 atom stereocenters. The third-order valence-corrected chi connectivity index (χ3v) is 3.06. The van der Waals surface area contributed by atoms with Crippen molar-refractivity contribution >= 4 is 23.0 Å². The summed E-state index contributed by atoms with van der Waals surface area (Å²) < 4.78 is 13.0. The molecule has 21 heavy (non-hydrogen) atoms. The molecule has 0 aliphatic carbocycles. The Balaban J connectivity index is 1.75. The number of hydrogen-bond acceptors (Lipinski definition) is 2. The van der Waals surface area contributed by atoms with Gasteiger partial charge in [-0.2, -0.15) is 5.10 Å². The Kier molecular flexibility index (Phi) is 3.47. The monoisotopic (exact) mass is 281 g/mol. The fourth-order valence-corrected chi connectivity index (χ4v) is 2.07. The van der Waals surface area contributed by atoms with Gasteiger partial charge in [0.1, 0.15) is 5.82 Å². The van der Waals surface area contributed by atoms with Crippen molar-refractivity contribution in [2.45, 2.75) is 0 Å². The van der Waals surface area contributed by atoms with E-state index in [4.69, 9.17) is 0 Å². The number of hydrogen-bond donors (Lipinski definition) is 2. The van der Waals surface area contributed by atoms with E-state index in [-0.39, 0.29) is 11.7 Å². The second kappa shape index (κ2) is 5.58. The Morgan fingerprint density at radius 2 is 2.05 bits per heavy atom. The van der Waals surface area contributed by atoms with Gasteiger partial charge in [-0.05, 0) is 23.8 Å². The number of carbonyl (C=O) groups excluding carboxylic acids is 1. The molecule has 0 spiro atoms. The Morgan fingerprint density at radius 3 is 2.90 bits per heavy atom. The molecular weight excluding hydrogens is 269 g/mol. The summed E-state index contributed by atoms with van der Waals surface area (Å²) in [5.74, 6) is -0.665. The van der Waals surface area contributed by atoms with Crippen molar-refractivity contribution in [3.05, 3.63) is 71.7 Å². The molecule has 0 saturated carbocycles. The molecule has 1 amide bonds. The summed E-state index contributed by atoms with van der Waals surface area (Å²) in [5.41, 5.74) is 4.41. The molecule has 4 nitrogen and oxygen atoms in total. The predicted molar refractivity (Wildman–Crippen MR) is 79.8 cm³/mol. The molecule has 0 fully saturated rings. The molecule has 0 bridgehead atoms. The maximum atomic E-state index is 13.0. The number of aromatic amines is 1. The van der Waals surface area contributed by atoms with Gasteiger partial charge >= 0.3 is 0 Å². The lowest BCUT2D eigenvalue weighted by Crippen LogP contribution is -2.17. The van der Waals surface area contributed by atoms with Gasteiger partial charge in [0.05, 0.1) is 11.8 Å². The van der Waals surface area contributed by atoms with Crippen molar-refractivity contribution in [3.8, 4) is 0 Å². The second-order valence-corrected chi connectivity index (χ2v) is 4.50. The first-order valence-electron chi connectivity index (χ1n) is 6.39. The van der Waals surface area contributed by atoms with Crippen molar-refractivity contribution in [2.24, 2.45) is 5.10 Å². The number of fused-ring (bicyclic) bond motifs is 1. The summed E-state index contributed by atoms with van der Waals surface area (Å²) in [5, 5.41) is 4.67. The highest BCUT2D eigenvalue weighted by molar-refractivity contribution is 6.06. The number of halogens is 1. The molecule has 0 unspecified atom stereocenters. The molecule has 0 saturated heterocycles. The fraction of sp³-hybridized carbons (Fsp3) is 0. The lowest BCUT2D eigenvalue weighted by molar-refractivity contribution is 0.0957. The highest BCUT2D eigenvalue weighted by Crippen LogP contribution is 2.17. The molecule has 0 radical (unpaired) electrons. The van der Waals surface area contributed by atoms with Crippen molar-refractivity contribution in [1.82, 2.24) is 10.4 Å². The molecule has 2 aromatic carbocycles. The van der Waals surface area contributed by atoms with Crippen LogP contribution in [0.3, 0.4) is 0 Å². The van der Waals surface area contributed by atoms with Gasteiger partial charge in [0, 0.05) is 17.1 Å². The van der Waals surface area contributed by atoms with E-state index < -0.39 is 0 Å². The van der Waals surface area contributed by atoms with E-state index in [1.165, 1.54) is 18.3 Å². The predicted octanol–water partition coefficient (Wildman–Crippen LogP) is 3.07. The molecule has 0 aliphatic rings. The molecule has 104 valence electrons. The average molecular weight is 281 g/mol. The van der Waals surface area contributed by atoms with Gasteiger partial charge in [-0.1, -0.05) is 30.3 Å². The number of nitrogens with one attached hydrogen (secondary N) is 2. The van der Waals surface area contributed by atoms with E-state index >= 15 is 0 Å². The zero-order chi connectivity index (χ0) is 14.7. The fourth-order valence-electron chi connectivity index (χ4n) is 2.07. The van der Waals surface area contributed by atoms with Crippen LogP contribution in [-0.2, 0) is 0 Å². The molecule has 3 rings (SSSR count). The van der Waals surface area contributed by atoms with Crippen molar-refractivity contribution in [1.29, 1.82) is 0 Å². The zero-order valence-electron chi connectivity index (χ0n) is 11.0. The first-order valence-corrected chi connectivity index (χ1v) is 6.39. The Hall–Kier alpha value is -2.95. The van der Waals surface area contributed by atoms with Crippen LogP contribution < -0.4 is 5.43 Å². The molecule has 0 aliphatic heterocycles. The number of H-pyrrole nitrogens is 1. The SMILES string of the molecule is O=C(NN=Cc1cccc(F)c1)c1c[nH]c2ccccc12. The minimum atomic E-state index is -0.345. The van der Waals surface area contributed by atoms with Crippen LogP contribution >= 0.6 is 0 Å². The van der Waals surface area contributed by atoms with Crippen LogP contribution in [0.1, 0.15) is 15.9 Å². The summed E-state index contributed by atoms with van der Waals surface area (Å²) in [6, 6.07) is 13.5. The number of rotatable bonds is 3. The maximum Gasteiger partial charge on any atom is 0.273 e. The molecule has 5 heteroatoms.